The van der Waals surface area contributed by atoms with Crippen LogP contribution in [0.15, 0.2) is 64.8 Å². The largest absolute Gasteiger partial charge is 0.497 e. The van der Waals surface area contributed by atoms with E-state index >= 15 is 0 Å². The fourth-order valence-electron chi connectivity index (χ4n) is 4.26. The Morgan fingerprint density at radius 2 is 2.03 bits per heavy atom. The molecule has 2 heterocycles. The monoisotopic (exact) mass is 491 g/mol. The van der Waals surface area contributed by atoms with E-state index in [2.05, 4.69) is 9.88 Å². The average Bonchev–Trinajstić information content (AvgIpc) is 3.63. The van der Waals surface area contributed by atoms with Gasteiger partial charge in [-0.25, -0.2) is 4.98 Å². The number of aromatic nitrogens is 2. The molecule has 7 nitrogen and oxygen atoms in total. The highest BCUT2D eigenvalue weighted by Crippen LogP contribution is 2.33. The van der Waals surface area contributed by atoms with Crippen LogP contribution in [0.3, 0.4) is 0 Å². The first kappa shape index (κ1) is 23.7. The van der Waals surface area contributed by atoms with Crippen LogP contribution >= 0.6 is 11.3 Å². The molecule has 2 N–H and O–H groups in total. The van der Waals surface area contributed by atoms with Crippen molar-refractivity contribution in [2.75, 3.05) is 20.3 Å². The molecule has 35 heavy (non-hydrogen) atoms. The number of hydrogen-bond acceptors (Lipinski definition) is 7. The van der Waals surface area contributed by atoms with Gasteiger partial charge in [0.2, 0.25) is 0 Å². The Hall–Kier alpha value is -3.04. The molecule has 0 amide bonds. The fraction of sp³-hybridized carbons (Fsp3) is 0.333. The molecule has 4 aromatic rings. The molecule has 0 aliphatic heterocycles. The molecule has 5 rings (SSSR count). The number of aliphatic hydroxyl groups is 1. The van der Waals surface area contributed by atoms with E-state index in [1.165, 1.54) is 11.3 Å². The van der Waals surface area contributed by atoms with Crippen LogP contribution in [0.4, 0.5) is 0 Å². The van der Waals surface area contributed by atoms with Crippen molar-refractivity contribution in [3.05, 3.63) is 81.7 Å². The van der Waals surface area contributed by atoms with Crippen LogP contribution in [0.2, 0.25) is 0 Å². The molecule has 0 radical (unpaired) electrons. The van der Waals surface area contributed by atoms with E-state index in [1.807, 2.05) is 60.0 Å². The number of aliphatic hydroxyl groups excluding tert-OH is 1. The van der Waals surface area contributed by atoms with E-state index in [0.29, 0.717) is 41.8 Å². The fourth-order valence-corrected chi connectivity index (χ4v) is 5.22. The van der Waals surface area contributed by atoms with Crippen LogP contribution in [0.25, 0.3) is 21.3 Å². The topological polar surface area (TPSA) is 87.7 Å². The van der Waals surface area contributed by atoms with Gasteiger partial charge < -0.3 is 19.6 Å². The Kier molecular flexibility index (Phi) is 7.24. The normalized spacial score (nSPS) is 14.5. The van der Waals surface area contributed by atoms with Gasteiger partial charge in [0.25, 0.3) is 5.56 Å². The smallest absolute Gasteiger partial charge is 0.260 e. The highest BCUT2D eigenvalue weighted by atomic mass is 32.1. The van der Waals surface area contributed by atoms with Gasteiger partial charge in [-0.15, -0.1) is 11.3 Å². The lowest BCUT2D eigenvalue weighted by atomic mass is 10.1. The van der Waals surface area contributed by atoms with Gasteiger partial charge in [-0.05, 0) is 36.1 Å². The van der Waals surface area contributed by atoms with Crippen LogP contribution in [-0.2, 0) is 17.9 Å². The molecule has 0 bridgehead atoms. The van der Waals surface area contributed by atoms with Crippen LogP contribution in [0, 0.1) is 0 Å². The van der Waals surface area contributed by atoms with Gasteiger partial charge in [-0.1, -0.05) is 42.5 Å². The van der Waals surface area contributed by atoms with Crippen molar-refractivity contribution in [2.24, 2.45) is 0 Å². The van der Waals surface area contributed by atoms with Crippen molar-refractivity contribution in [1.82, 2.24) is 14.9 Å². The number of nitrogens with zero attached hydrogens (tertiary/aromatic N) is 2. The van der Waals surface area contributed by atoms with E-state index in [9.17, 15) is 9.90 Å². The van der Waals surface area contributed by atoms with Crippen molar-refractivity contribution < 1.29 is 14.6 Å². The summed E-state index contributed by atoms with van der Waals surface area (Å²) in [5, 5.41) is 13.2. The molecule has 0 spiro atoms. The quantitative estimate of drug-likeness (QED) is 0.327. The number of benzene rings is 2. The third kappa shape index (κ3) is 5.79. The molecule has 1 fully saturated rings. The summed E-state index contributed by atoms with van der Waals surface area (Å²) in [5.74, 6) is 1.36. The molecule has 1 aliphatic rings. The first-order valence-corrected chi connectivity index (χ1v) is 12.7. The van der Waals surface area contributed by atoms with Crippen LogP contribution < -0.4 is 10.3 Å². The molecule has 2 aromatic carbocycles. The zero-order valence-corrected chi connectivity index (χ0v) is 20.5. The number of nitrogens with one attached hydrogen (secondary N) is 1. The van der Waals surface area contributed by atoms with Gasteiger partial charge in [0, 0.05) is 23.5 Å². The number of ether oxygens (including phenoxy) is 2. The lowest BCUT2D eigenvalue weighted by Crippen LogP contribution is -2.37. The number of thiophene rings is 1. The summed E-state index contributed by atoms with van der Waals surface area (Å²) in [7, 11) is 1.63. The molecular weight excluding hydrogens is 462 g/mol. The molecule has 1 aliphatic carbocycles. The molecule has 8 heteroatoms. The van der Waals surface area contributed by atoms with Crippen LogP contribution in [0.5, 0.6) is 5.75 Å². The summed E-state index contributed by atoms with van der Waals surface area (Å²) in [6, 6.07) is 18.0. The van der Waals surface area contributed by atoms with E-state index in [0.717, 1.165) is 35.3 Å². The highest BCUT2D eigenvalue weighted by molar-refractivity contribution is 7.17. The van der Waals surface area contributed by atoms with Crippen molar-refractivity contribution in [1.29, 1.82) is 0 Å². The zero-order chi connectivity index (χ0) is 24.2. The summed E-state index contributed by atoms with van der Waals surface area (Å²) >= 11 is 1.46. The minimum Gasteiger partial charge on any atom is -0.497 e. The third-order valence-electron chi connectivity index (χ3n) is 6.16. The van der Waals surface area contributed by atoms with Crippen molar-refractivity contribution >= 4 is 21.6 Å². The molecule has 1 unspecified atom stereocenters. The predicted molar refractivity (Wildman–Crippen MR) is 138 cm³/mol. The molecule has 2 aromatic heterocycles. The number of aromatic amines is 1. The number of fused-ring (bicyclic) bond motifs is 1. The number of rotatable bonds is 11. The zero-order valence-electron chi connectivity index (χ0n) is 19.6. The maximum absolute atomic E-state index is 13.1. The van der Waals surface area contributed by atoms with E-state index in [1.54, 1.807) is 7.11 Å². The van der Waals surface area contributed by atoms with Crippen LogP contribution in [0.1, 0.15) is 24.2 Å². The summed E-state index contributed by atoms with van der Waals surface area (Å²) in [4.78, 5) is 23.7. The Bertz CT molecular complexity index is 1330. The van der Waals surface area contributed by atoms with Gasteiger partial charge >= 0.3 is 0 Å². The minimum atomic E-state index is -0.615. The van der Waals surface area contributed by atoms with E-state index < -0.39 is 6.10 Å². The number of methoxy groups -OCH3 is 1. The molecule has 0 saturated heterocycles. The first-order chi connectivity index (χ1) is 17.1. The Labute approximate surface area is 208 Å². The summed E-state index contributed by atoms with van der Waals surface area (Å²) in [6.45, 7) is 1.69. The Morgan fingerprint density at radius 3 is 2.80 bits per heavy atom. The van der Waals surface area contributed by atoms with Crippen molar-refractivity contribution in [3.63, 3.8) is 0 Å². The Morgan fingerprint density at radius 1 is 1.20 bits per heavy atom. The van der Waals surface area contributed by atoms with E-state index in [4.69, 9.17) is 14.5 Å². The first-order valence-electron chi connectivity index (χ1n) is 11.8. The molecule has 182 valence electrons. The summed E-state index contributed by atoms with van der Waals surface area (Å²) < 4.78 is 11.0. The van der Waals surface area contributed by atoms with Crippen molar-refractivity contribution in [3.8, 4) is 16.9 Å². The van der Waals surface area contributed by atoms with Gasteiger partial charge in [-0.3, -0.25) is 9.69 Å². The highest BCUT2D eigenvalue weighted by Gasteiger charge is 2.31. The maximum Gasteiger partial charge on any atom is 0.260 e. The molecule has 1 saturated carbocycles. The third-order valence-corrected chi connectivity index (χ3v) is 7.03. The lowest BCUT2D eigenvalue weighted by Gasteiger charge is -2.24. The number of H-pyrrole nitrogens is 1. The minimum absolute atomic E-state index is 0.147. The standard InChI is InChI=1S/C27H29N3O4S/c1-33-22-9-5-8-19(12-22)23-17-35-27-25(23)26(32)28-24(29-27)14-30(20-10-11-20)13-21(31)16-34-15-18-6-3-2-4-7-18/h2-9,12,17,20-21,31H,10-11,13-16H2,1H3,(H,28,29,32). The Balaban J connectivity index is 1.27. The van der Waals surface area contributed by atoms with Gasteiger partial charge in [0.15, 0.2) is 0 Å². The van der Waals surface area contributed by atoms with Crippen molar-refractivity contribution in [2.45, 2.75) is 38.1 Å². The second kappa shape index (κ2) is 10.7. The SMILES string of the molecule is COc1cccc(-c2csc3nc(CN(CC(O)COCc4ccccc4)C4CC4)[nH]c(=O)c23)c1. The predicted octanol–water partition coefficient (Wildman–Crippen LogP) is 4.20. The van der Waals surface area contributed by atoms with E-state index in [-0.39, 0.29) is 12.2 Å². The second-order valence-electron chi connectivity index (χ2n) is 8.89. The lowest BCUT2D eigenvalue weighted by molar-refractivity contribution is 0.00666. The van der Waals surface area contributed by atoms with Gasteiger partial charge in [-0.2, -0.15) is 0 Å². The summed E-state index contributed by atoms with van der Waals surface area (Å²) in [5.41, 5.74) is 2.72. The van der Waals surface area contributed by atoms with Crippen LogP contribution in [-0.4, -0.2) is 52.4 Å². The molecule has 1 atom stereocenters. The molecular formula is C27H29N3O4S. The van der Waals surface area contributed by atoms with Gasteiger partial charge in [0.05, 0.1) is 38.4 Å². The maximum atomic E-state index is 13.1. The number of hydrogen-bond donors (Lipinski definition) is 2. The second-order valence-corrected chi connectivity index (χ2v) is 9.75. The average molecular weight is 492 g/mol. The van der Waals surface area contributed by atoms with Gasteiger partial charge in [0.1, 0.15) is 16.4 Å². The summed E-state index contributed by atoms with van der Waals surface area (Å²) in [6.07, 6.45) is 1.56.